The molecule has 0 radical (unpaired) electrons. The Balaban J connectivity index is 1.77. The van der Waals surface area contributed by atoms with E-state index in [-0.39, 0.29) is 11.5 Å². The average molecular weight is 350 g/mol. The number of hydrogen-bond acceptors (Lipinski definition) is 4. The minimum absolute atomic E-state index is 0.139. The Labute approximate surface area is 150 Å². The molecule has 0 aliphatic rings. The summed E-state index contributed by atoms with van der Waals surface area (Å²) in [7, 11) is 0. The summed E-state index contributed by atoms with van der Waals surface area (Å²) in [5.41, 5.74) is 1.01. The van der Waals surface area contributed by atoms with E-state index >= 15 is 0 Å². The molecule has 0 aliphatic carbocycles. The topological polar surface area (TPSA) is 79.5 Å². The number of nitrogens with one attached hydrogen (secondary N) is 1. The molecule has 3 rings (SSSR count). The maximum atomic E-state index is 12.4. The van der Waals surface area contributed by atoms with Gasteiger partial charge < -0.3 is 14.6 Å². The van der Waals surface area contributed by atoms with E-state index in [0.717, 1.165) is 5.69 Å². The van der Waals surface area contributed by atoms with Gasteiger partial charge in [0.2, 0.25) is 5.56 Å². The lowest BCUT2D eigenvalue weighted by molar-refractivity contribution is -0.121. The molecule has 0 spiro atoms. The van der Waals surface area contributed by atoms with Crippen LogP contribution < -0.4 is 10.5 Å². The van der Waals surface area contributed by atoms with Gasteiger partial charge in [0.25, 0.3) is 5.91 Å². The number of aromatic nitrogens is 1. The molecular formula is C20H18N2O4. The quantitative estimate of drug-likeness (QED) is 0.718. The molecule has 0 saturated carbocycles. The van der Waals surface area contributed by atoms with Gasteiger partial charge in [0, 0.05) is 29.2 Å². The molecule has 0 bridgehead atoms. The first-order valence-electron chi connectivity index (χ1n) is 8.24. The van der Waals surface area contributed by atoms with Gasteiger partial charge in [-0.15, -0.1) is 0 Å². The van der Waals surface area contributed by atoms with Crippen LogP contribution in [0.3, 0.4) is 0 Å². The number of likely N-dealkylation sites (N-methyl/N-ethyl adjacent to an activating group) is 1. The van der Waals surface area contributed by atoms with Crippen LogP contribution in [0.5, 0.6) is 0 Å². The lowest BCUT2D eigenvalue weighted by Crippen LogP contribution is -2.34. The lowest BCUT2D eigenvalue weighted by atomic mass is 10.1. The third kappa shape index (κ3) is 3.64. The molecule has 1 N–H and O–H groups in total. The number of amides is 1. The Bertz CT molecular complexity index is 995. The summed E-state index contributed by atoms with van der Waals surface area (Å²) in [6, 6.07) is 17.3. The average Bonchev–Trinajstić information content (AvgIpc) is 2.66. The second kappa shape index (κ2) is 7.65. The number of H-pyrrole nitrogens is 1. The maximum absolute atomic E-state index is 12.4. The number of esters is 1. The first-order chi connectivity index (χ1) is 12.6. The summed E-state index contributed by atoms with van der Waals surface area (Å²) >= 11 is 0. The van der Waals surface area contributed by atoms with Crippen molar-refractivity contribution in [1.82, 2.24) is 4.98 Å². The van der Waals surface area contributed by atoms with Crippen LogP contribution in [0.1, 0.15) is 17.3 Å². The highest BCUT2D eigenvalue weighted by Gasteiger charge is 2.18. The normalized spacial score (nSPS) is 10.5. The largest absolute Gasteiger partial charge is 0.452 e. The molecule has 26 heavy (non-hydrogen) atoms. The Morgan fingerprint density at radius 2 is 1.73 bits per heavy atom. The van der Waals surface area contributed by atoms with Crippen LogP contribution in [0.15, 0.2) is 65.5 Å². The predicted octanol–water partition coefficient (Wildman–Crippen LogP) is 2.74. The van der Waals surface area contributed by atoms with E-state index in [0.29, 0.717) is 17.4 Å². The molecule has 1 aromatic heterocycles. The van der Waals surface area contributed by atoms with Crippen LogP contribution in [0.25, 0.3) is 10.9 Å². The molecule has 6 nitrogen and oxygen atoms in total. The van der Waals surface area contributed by atoms with E-state index in [4.69, 9.17) is 4.74 Å². The second-order valence-electron chi connectivity index (χ2n) is 5.64. The van der Waals surface area contributed by atoms with Crippen LogP contribution in [0, 0.1) is 0 Å². The molecule has 132 valence electrons. The molecule has 0 saturated heterocycles. The van der Waals surface area contributed by atoms with Gasteiger partial charge in [-0.1, -0.05) is 36.4 Å². The number of rotatable bonds is 5. The zero-order chi connectivity index (χ0) is 18.5. The van der Waals surface area contributed by atoms with Crippen LogP contribution in [-0.2, 0) is 9.53 Å². The molecule has 3 aromatic rings. The fourth-order valence-electron chi connectivity index (χ4n) is 2.77. The van der Waals surface area contributed by atoms with Crippen molar-refractivity contribution in [2.24, 2.45) is 0 Å². The predicted molar refractivity (Wildman–Crippen MR) is 99.3 cm³/mol. The summed E-state index contributed by atoms with van der Waals surface area (Å²) < 4.78 is 5.17. The molecule has 6 heteroatoms. The van der Waals surface area contributed by atoms with Gasteiger partial charge in [-0.05, 0) is 25.1 Å². The van der Waals surface area contributed by atoms with Crippen molar-refractivity contribution in [1.29, 1.82) is 0 Å². The highest BCUT2D eigenvalue weighted by molar-refractivity contribution is 6.04. The van der Waals surface area contributed by atoms with E-state index in [2.05, 4.69) is 4.98 Å². The van der Waals surface area contributed by atoms with Crippen molar-refractivity contribution in [3.8, 4) is 0 Å². The number of carbonyl (C=O) groups is 2. The van der Waals surface area contributed by atoms with E-state index < -0.39 is 18.1 Å². The molecule has 0 atom stereocenters. The van der Waals surface area contributed by atoms with Crippen molar-refractivity contribution in [2.45, 2.75) is 6.92 Å². The van der Waals surface area contributed by atoms with E-state index in [1.807, 2.05) is 37.3 Å². The summed E-state index contributed by atoms with van der Waals surface area (Å²) in [6.45, 7) is 1.90. The number of nitrogens with zero attached hydrogens (tertiary/aromatic N) is 1. The van der Waals surface area contributed by atoms with Crippen molar-refractivity contribution in [2.75, 3.05) is 18.1 Å². The lowest BCUT2D eigenvalue weighted by Gasteiger charge is -2.20. The molecule has 0 unspecified atom stereocenters. The Hall–Kier alpha value is -3.41. The molecular weight excluding hydrogens is 332 g/mol. The number of carbonyl (C=O) groups excluding carboxylic acids is 2. The van der Waals surface area contributed by atoms with Gasteiger partial charge in [0.05, 0.1) is 5.56 Å². The monoisotopic (exact) mass is 350 g/mol. The smallest absolute Gasteiger partial charge is 0.339 e. The highest BCUT2D eigenvalue weighted by atomic mass is 16.5. The third-order valence-corrected chi connectivity index (χ3v) is 3.98. The SMILES string of the molecule is CCN(C(=O)COC(=O)c1cc(=O)[nH]c2ccccc12)c1ccccc1. The number of ether oxygens (including phenoxy) is 1. The van der Waals surface area contributed by atoms with Gasteiger partial charge in [0.1, 0.15) is 0 Å². The minimum Gasteiger partial charge on any atom is -0.452 e. The van der Waals surface area contributed by atoms with Gasteiger partial charge in [-0.25, -0.2) is 4.79 Å². The van der Waals surface area contributed by atoms with Gasteiger partial charge in [-0.3, -0.25) is 9.59 Å². The zero-order valence-electron chi connectivity index (χ0n) is 14.3. The summed E-state index contributed by atoms with van der Waals surface area (Å²) in [5.74, 6) is -1.04. The van der Waals surface area contributed by atoms with Crippen molar-refractivity contribution >= 4 is 28.5 Å². The van der Waals surface area contributed by atoms with E-state index in [1.54, 1.807) is 24.3 Å². The molecule has 0 fully saturated rings. The van der Waals surface area contributed by atoms with Crippen LogP contribution in [0.4, 0.5) is 5.69 Å². The van der Waals surface area contributed by atoms with Crippen molar-refractivity contribution in [3.05, 3.63) is 76.6 Å². The standard InChI is InChI=1S/C20H18N2O4/c1-2-22(14-8-4-3-5-9-14)19(24)13-26-20(25)16-12-18(23)21-17-11-7-6-10-15(16)17/h3-12H,2,13H2,1H3,(H,21,23). The van der Waals surface area contributed by atoms with Gasteiger partial charge in [-0.2, -0.15) is 0 Å². The maximum Gasteiger partial charge on any atom is 0.339 e. The zero-order valence-corrected chi connectivity index (χ0v) is 14.3. The van der Waals surface area contributed by atoms with Crippen molar-refractivity contribution in [3.63, 3.8) is 0 Å². The highest BCUT2D eigenvalue weighted by Crippen LogP contribution is 2.16. The summed E-state index contributed by atoms with van der Waals surface area (Å²) in [5, 5.41) is 0.569. The molecule has 2 aromatic carbocycles. The Morgan fingerprint density at radius 3 is 2.46 bits per heavy atom. The van der Waals surface area contributed by atoms with E-state index in [1.165, 1.54) is 11.0 Å². The number of para-hydroxylation sites is 2. The minimum atomic E-state index is -0.704. The van der Waals surface area contributed by atoms with Crippen LogP contribution >= 0.6 is 0 Å². The third-order valence-electron chi connectivity index (χ3n) is 3.98. The Kier molecular flexibility index (Phi) is 5.12. The summed E-state index contributed by atoms with van der Waals surface area (Å²) in [6.07, 6.45) is 0. The number of benzene rings is 2. The van der Waals surface area contributed by atoms with Gasteiger partial charge >= 0.3 is 5.97 Å². The fraction of sp³-hybridized carbons (Fsp3) is 0.150. The first kappa shape index (κ1) is 17.4. The second-order valence-corrected chi connectivity index (χ2v) is 5.64. The number of hydrogen-bond donors (Lipinski definition) is 1. The molecule has 1 amide bonds. The van der Waals surface area contributed by atoms with Crippen LogP contribution in [-0.4, -0.2) is 30.0 Å². The molecule has 1 heterocycles. The van der Waals surface area contributed by atoms with E-state index in [9.17, 15) is 14.4 Å². The number of pyridine rings is 1. The van der Waals surface area contributed by atoms with Crippen molar-refractivity contribution < 1.29 is 14.3 Å². The van der Waals surface area contributed by atoms with Crippen LogP contribution in [0.2, 0.25) is 0 Å². The number of anilines is 1. The van der Waals surface area contributed by atoms with Gasteiger partial charge in [0.15, 0.2) is 6.61 Å². The fourth-order valence-corrected chi connectivity index (χ4v) is 2.77. The Morgan fingerprint density at radius 1 is 1.04 bits per heavy atom. The first-order valence-corrected chi connectivity index (χ1v) is 8.24. The number of aromatic amines is 1. The molecule has 0 aliphatic heterocycles. The summed E-state index contributed by atoms with van der Waals surface area (Å²) in [4.78, 5) is 40.8. The number of fused-ring (bicyclic) bond motifs is 1.